The minimum Gasteiger partial charge on any atom is -0.361 e. The van der Waals surface area contributed by atoms with E-state index in [1.165, 1.54) is 7.05 Å². The number of aromatic nitrogens is 1. The van der Waals surface area contributed by atoms with Crippen LogP contribution in [0.4, 0.5) is 0 Å². The second kappa shape index (κ2) is 5.41. The number of hydrogen-bond acceptors (Lipinski definition) is 3. The van der Waals surface area contributed by atoms with Gasteiger partial charge in [-0.1, -0.05) is 12.1 Å². The highest BCUT2D eigenvalue weighted by Gasteiger charge is 2.12. The van der Waals surface area contributed by atoms with E-state index in [4.69, 9.17) is 0 Å². The molecule has 0 bridgehead atoms. The van der Waals surface area contributed by atoms with Gasteiger partial charge in [0, 0.05) is 18.1 Å². The van der Waals surface area contributed by atoms with Gasteiger partial charge in [-0.2, -0.15) is 0 Å². The van der Waals surface area contributed by atoms with Gasteiger partial charge in [0.05, 0.1) is 16.8 Å². The molecular formula is C12H15N3O3S. The van der Waals surface area contributed by atoms with Crippen LogP contribution in [0.3, 0.4) is 0 Å². The predicted octanol–water partition coefficient (Wildman–Crippen LogP) is 0.447. The Morgan fingerprint density at radius 1 is 1.32 bits per heavy atom. The summed E-state index contributed by atoms with van der Waals surface area (Å²) in [5.41, 5.74) is 1.25. The van der Waals surface area contributed by atoms with E-state index in [-0.39, 0.29) is 18.2 Å². The fourth-order valence-electron chi connectivity index (χ4n) is 1.77. The second-order valence-electron chi connectivity index (χ2n) is 4.03. The summed E-state index contributed by atoms with van der Waals surface area (Å²) >= 11 is 0. The van der Waals surface area contributed by atoms with Gasteiger partial charge in [-0.3, -0.25) is 4.79 Å². The topological polar surface area (TPSA) is 91.1 Å². The summed E-state index contributed by atoms with van der Waals surface area (Å²) in [6, 6.07) is 7.25. The van der Waals surface area contributed by atoms with Gasteiger partial charge >= 0.3 is 0 Å². The lowest BCUT2D eigenvalue weighted by atomic mass is 10.1. The second-order valence-corrected chi connectivity index (χ2v) is 6.07. The van der Waals surface area contributed by atoms with Crippen LogP contribution < -0.4 is 10.0 Å². The van der Waals surface area contributed by atoms with Crippen molar-refractivity contribution in [3.63, 3.8) is 0 Å². The summed E-state index contributed by atoms with van der Waals surface area (Å²) in [5.74, 6) is -0.435. The lowest BCUT2D eigenvalue weighted by Crippen LogP contribution is -2.33. The summed E-state index contributed by atoms with van der Waals surface area (Å²) in [5, 5.41) is 3.53. The van der Waals surface area contributed by atoms with Crippen molar-refractivity contribution < 1.29 is 13.2 Å². The van der Waals surface area contributed by atoms with Crippen molar-refractivity contribution in [2.24, 2.45) is 0 Å². The highest BCUT2D eigenvalue weighted by atomic mass is 32.2. The molecule has 0 spiro atoms. The molecule has 6 nitrogen and oxygen atoms in total. The van der Waals surface area contributed by atoms with Crippen molar-refractivity contribution in [3.05, 3.63) is 36.0 Å². The van der Waals surface area contributed by atoms with Crippen LogP contribution >= 0.6 is 0 Å². The molecule has 0 aliphatic rings. The van der Waals surface area contributed by atoms with Gasteiger partial charge in [0.25, 0.3) is 5.91 Å². The first-order valence-corrected chi connectivity index (χ1v) is 7.44. The Kier molecular flexibility index (Phi) is 3.87. The molecule has 3 N–H and O–H groups in total. The minimum atomic E-state index is -3.30. The normalized spacial score (nSPS) is 11.6. The molecular weight excluding hydrogens is 266 g/mol. The zero-order chi connectivity index (χ0) is 13.9. The minimum absolute atomic E-state index is 0.0686. The third kappa shape index (κ3) is 3.12. The Bertz CT molecular complexity index is 691. The SMILES string of the molecule is CNS(=O)(=O)CCNC(=O)c1cccc2cc[nH]c12. The van der Waals surface area contributed by atoms with E-state index in [2.05, 4.69) is 15.0 Å². The lowest BCUT2D eigenvalue weighted by Gasteiger charge is -2.06. The lowest BCUT2D eigenvalue weighted by molar-refractivity contribution is 0.0957. The Morgan fingerprint density at radius 2 is 2.11 bits per heavy atom. The number of amides is 1. The fourth-order valence-corrected chi connectivity index (χ4v) is 2.35. The van der Waals surface area contributed by atoms with E-state index in [0.717, 1.165) is 10.9 Å². The largest absolute Gasteiger partial charge is 0.361 e. The number of sulfonamides is 1. The van der Waals surface area contributed by atoms with Crippen LogP contribution in [0.5, 0.6) is 0 Å². The molecule has 0 aliphatic heterocycles. The van der Waals surface area contributed by atoms with E-state index in [9.17, 15) is 13.2 Å². The van der Waals surface area contributed by atoms with Crippen molar-refractivity contribution in [3.8, 4) is 0 Å². The number of aromatic amines is 1. The summed E-state index contributed by atoms with van der Waals surface area (Å²) in [7, 11) is -1.96. The number of para-hydroxylation sites is 1. The van der Waals surface area contributed by atoms with Gasteiger partial charge in [-0.05, 0) is 19.2 Å². The first-order valence-electron chi connectivity index (χ1n) is 5.79. The third-order valence-electron chi connectivity index (χ3n) is 2.80. The maximum atomic E-state index is 12.0. The van der Waals surface area contributed by atoms with Gasteiger partial charge in [0.2, 0.25) is 10.0 Å². The monoisotopic (exact) mass is 281 g/mol. The Balaban J connectivity index is 2.07. The zero-order valence-electron chi connectivity index (χ0n) is 10.4. The molecule has 19 heavy (non-hydrogen) atoms. The summed E-state index contributed by atoms with van der Waals surface area (Å²) < 4.78 is 24.6. The first-order chi connectivity index (χ1) is 9.03. The number of hydrogen-bond donors (Lipinski definition) is 3. The summed E-state index contributed by atoms with van der Waals surface area (Å²) in [4.78, 5) is 15.0. The van der Waals surface area contributed by atoms with Crippen LogP contribution in [-0.4, -0.2) is 38.7 Å². The Labute approximate surface area is 111 Å². The van der Waals surface area contributed by atoms with E-state index in [1.807, 2.05) is 12.1 Å². The Morgan fingerprint density at radius 3 is 2.84 bits per heavy atom. The molecule has 1 heterocycles. The number of fused-ring (bicyclic) bond motifs is 1. The standard InChI is InChI=1S/C12H15N3O3S/c1-13-19(17,18)8-7-15-12(16)10-4-2-3-9-5-6-14-11(9)10/h2-6,13-14H,7-8H2,1H3,(H,15,16). The van der Waals surface area contributed by atoms with Crippen molar-refractivity contribution in [2.45, 2.75) is 0 Å². The van der Waals surface area contributed by atoms with Gasteiger partial charge in [-0.15, -0.1) is 0 Å². The molecule has 1 aromatic heterocycles. The fraction of sp³-hybridized carbons (Fsp3) is 0.250. The highest BCUT2D eigenvalue weighted by molar-refractivity contribution is 7.89. The smallest absolute Gasteiger partial charge is 0.253 e. The molecule has 0 saturated carbocycles. The van der Waals surface area contributed by atoms with E-state index < -0.39 is 10.0 Å². The van der Waals surface area contributed by atoms with Crippen LogP contribution in [0.25, 0.3) is 10.9 Å². The molecule has 1 aromatic carbocycles. The number of carbonyl (C=O) groups excluding carboxylic acids is 1. The van der Waals surface area contributed by atoms with Crippen LogP contribution in [0.2, 0.25) is 0 Å². The van der Waals surface area contributed by atoms with Crippen molar-refractivity contribution in [1.82, 2.24) is 15.0 Å². The third-order valence-corrected chi connectivity index (χ3v) is 4.16. The Hall–Kier alpha value is -1.86. The molecule has 0 unspecified atom stereocenters. The molecule has 2 rings (SSSR count). The van der Waals surface area contributed by atoms with Crippen LogP contribution in [0.1, 0.15) is 10.4 Å². The van der Waals surface area contributed by atoms with E-state index in [0.29, 0.717) is 5.56 Å². The van der Waals surface area contributed by atoms with Crippen molar-refractivity contribution in [2.75, 3.05) is 19.3 Å². The molecule has 7 heteroatoms. The summed E-state index contributed by atoms with van der Waals surface area (Å²) in [6.45, 7) is 0.0686. The number of nitrogens with one attached hydrogen (secondary N) is 3. The molecule has 0 aliphatic carbocycles. The molecule has 0 saturated heterocycles. The van der Waals surface area contributed by atoms with Gasteiger partial charge in [0.1, 0.15) is 0 Å². The number of carbonyl (C=O) groups is 1. The molecule has 0 fully saturated rings. The van der Waals surface area contributed by atoms with Crippen molar-refractivity contribution in [1.29, 1.82) is 0 Å². The predicted molar refractivity (Wildman–Crippen MR) is 73.5 cm³/mol. The molecule has 102 valence electrons. The maximum Gasteiger partial charge on any atom is 0.253 e. The van der Waals surface area contributed by atoms with E-state index >= 15 is 0 Å². The van der Waals surface area contributed by atoms with Gasteiger partial charge in [-0.25, -0.2) is 13.1 Å². The average molecular weight is 281 g/mol. The first kappa shape index (κ1) is 13.6. The summed E-state index contributed by atoms with van der Waals surface area (Å²) in [6.07, 6.45) is 1.76. The number of benzene rings is 1. The molecule has 2 aromatic rings. The number of H-pyrrole nitrogens is 1. The van der Waals surface area contributed by atoms with Crippen LogP contribution in [0.15, 0.2) is 30.5 Å². The molecule has 1 amide bonds. The zero-order valence-corrected chi connectivity index (χ0v) is 11.3. The van der Waals surface area contributed by atoms with Crippen LogP contribution in [0, 0.1) is 0 Å². The van der Waals surface area contributed by atoms with E-state index in [1.54, 1.807) is 18.3 Å². The average Bonchev–Trinajstić information content (AvgIpc) is 2.86. The van der Waals surface area contributed by atoms with Gasteiger partial charge in [0.15, 0.2) is 0 Å². The maximum absolute atomic E-state index is 12.0. The van der Waals surface area contributed by atoms with Crippen molar-refractivity contribution >= 4 is 26.8 Å². The molecule has 0 radical (unpaired) electrons. The number of rotatable bonds is 5. The highest BCUT2D eigenvalue weighted by Crippen LogP contribution is 2.16. The van der Waals surface area contributed by atoms with Crippen LogP contribution in [-0.2, 0) is 10.0 Å². The van der Waals surface area contributed by atoms with Gasteiger partial charge < -0.3 is 10.3 Å². The molecule has 0 atom stereocenters. The quantitative estimate of drug-likeness (QED) is 0.743.